The van der Waals surface area contributed by atoms with Crippen molar-refractivity contribution in [2.75, 3.05) is 0 Å². The van der Waals surface area contributed by atoms with Crippen LogP contribution in [0.4, 0.5) is 0 Å². The van der Waals surface area contributed by atoms with Gasteiger partial charge in [0, 0.05) is 0 Å². The molecular weight excluding hydrogens is 198 g/mol. The Morgan fingerprint density at radius 1 is 1.38 bits per heavy atom. The van der Waals surface area contributed by atoms with Crippen LogP contribution >= 0.6 is 0 Å². The number of primary amides is 1. The molecule has 0 bridgehead atoms. The summed E-state index contributed by atoms with van der Waals surface area (Å²) in [5, 5.41) is 1.90. The second-order valence-corrected chi connectivity index (χ2v) is 3.46. The summed E-state index contributed by atoms with van der Waals surface area (Å²) < 4.78 is 0. The number of hydrogen-bond donors (Lipinski definition) is 1. The van der Waals surface area contributed by atoms with Crippen LogP contribution in [0.5, 0.6) is 0 Å². The molecular formula is C14H15NO. The van der Waals surface area contributed by atoms with E-state index in [-0.39, 0.29) is 12.3 Å². The van der Waals surface area contributed by atoms with Gasteiger partial charge in [0.05, 0.1) is 6.42 Å². The molecule has 0 spiro atoms. The van der Waals surface area contributed by atoms with Crippen LogP contribution in [0.15, 0.2) is 48.6 Å². The first-order valence-electron chi connectivity index (χ1n) is 4.99. The first-order valence-corrected chi connectivity index (χ1v) is 4.99. The molecule has 0 fully saturated rings. The molecule has 0 aliphatic heterocycles. The molecule has 1 rings (SSSR count). The molecule has 0 aliphatic rings. The van der Waals surface area contributed by atoms with Gasteiger partial charge in [-0.2, -0.15) is 0 Å². The maximum absolute atomic E-state index is 10.9. The predicted molar refractivity (Wildman–Crippen MR) is 67.8 cm³/mol. The molecule has 0 atom stereocenters. The Morgan fingerprint density at radius 3 is 2.62 bits per heavy atom. The summed E-state index contributed by atoms with van der Waals surface area (Å²) in [6, 6.07) is 7.71. The zero-order valence-corrected chi connectivity index (χ0v) is 9.15. The van der Waals surface area contributed by atoms with Gasteiger partial charge >= 0.3 is 0 Å². The van der Waals surface area contributed by atoms with E-state index in [1.807, 2.05) is 30.3 Å². The van der Waals surface area contributed by atoms with Crippen LogP contribution in [0.3, 0.4) is 0 Å². The van der Waals surface area contributed by atoms with Crippen LogP contribution in [0.25, 0.3) is 12.7 Å². The fourth-order valence-corrected chi connectivity index (χ4v) is 1.39. The van der Waals surface area contributed by atoms with Crippen molar-refractivity contribution in [3.63, 3.8) is 0 Å². The van der Waals surface area contributed by atoms with Gasteiger partial charge in [0.25, 0.3) is 0 Å². The summed E-state index contributed by atoms with van der Waals surface area (Å²) in [5.74, 6) is -0.356. The summed E-state index contributed by atoms with van der Waals surface area (Å²) >= 11 is 0. The fourth-order valence-electron chi connectivity index (χ4n) is 1.39. The Hall–Kier alpha value is -2.09. The Labute approximate surface area is 95.1 Å². The lowest BCUT2D eigenvalue weighted by Crippen LogP contribution is -2.22. The standard InChI is InChI=1S/C14H15NO/c1-3-6-12(10-14(15)16)9-13-8-5-4-7-11(13)2/h3-9H,1-2,10H2,(H2,15,16)/b12-6-,13-9-. The van der Waals surface area contributed by atoms with E-state index in [1.165, 1.54) is 0 Å². The van der Waals surface area contributed by atoms with Gasteiger partial charge in [-0.1, -0.05) is 55.7 Å². The van der Waals surface area contributed by atoms with Crippen molar-refractivity contribution in [2.24, 2.45) is 5.73 Å². The van der Waals surface area contributed by atoms with Crippen molar-refractivity contribution < 1.29 is 4.79 Å². The van der Waals surface area contributed by atoms with E-state index >= 15 is 0 Å². The zero-order chi connectivity index (χ0) is 12.0. The summed E-state index contributed by atoms with van der Waals surface area (Å²) in [4.78, 5) is 10.9. The number of benzene rings is 1. The van der Waals surface area contributed by atoms with E-state index in [9.17, 15) is 4.79 Å². The van der Waals surface area contributed by atoms with E-state index in [4.69, 9.17) is 5.73 Å². The van der Waals surface area contributed by atoms with Crippen molar-refractivity contribution in [2.45, 2.75) is 6.42 Å². The van der Waals surface area contributed by atoms with E-state index in [0.29, 0.717) is 0 Å². The van der Waals surface area contributed by atoms with Gasteiger partial charge in [0.15, 0.2) is 0 Å². The Balaban J connectivity index is 3.18. The third-order valence-corrected chi connectivity index (χ3v) is 2.11. The average Bonchev–Trinajstić information content (AvgIpc) is 2.21. The predicted octanol–water partition coefficient (Wildman–Crippen LogP) is 0.865. The highest BCUT2D eigenvalue weighted by Crippen LogP contribution is 2.02. The Morgan fingerprint density at radius 2 is 2.06 bits per heavy atom. The molecule has 1 amide bonds. The molecule has 16 heavy (non-hydrogen) atoms. The number of carbonyl (C=O) groups is 1. The second kappa shape index (κ2) is 5.71. The molecule has 1 aromatic rings. The van der Waals surface area contributed by atoms with Gasteiger partial charge in [-0.15, -0.1) is 0 Å². The maximum Gasteiger partial charge on any atom is 0.221 e. The molecule has 2 N–H and O–H groups in total. The van der Waals surface area contributed by atoms with Crippen molar-refractivity contribution in [3.05, 3.63) is 59.0 Å². The first-order chi connectivity index (χ1) is 7.63. The fraction of sp³-hybridized carbons (Fsp3) is 0.0714. The van der Waals surface area contributed by atoms with Crippen LogP contribution in [0, 0.1) is 0 Å². The van der Waals surface area contributed by atoms with Crippen molar-refractivity contribution in [1.82, 2.24) is 0 Å². The lowest BCUT2D eigenvalue weighted by molar-refractivity contribution is -0.117. The molecule has 2 heteroatoms. The summed E-state index contributed by atoms with van der Waals surface area (Å²) in [7, 11) is 0. The van der Waals surface area contributed by atoms with Gasteiger partial charge < -0.3 is 5.73 Å². The number of hydrogen-bond acceptors (Lipinski definition) is 1. The minimum atomic E-state index is -0.356. The zero-order valence-electron chi connectivity index (χ0n) is 9.15. The molecule has 82 valence electrons. The minimum Gasteiger partial charge on any atom is -0.369 e. The highest BCUT2D eigenvalue weighted by atomic mass is 16.1. The van der Waals surface area contributed by atoms with E-state index in [2.05, 4.69) is 13.2 Å². The highest BCUT2D eigenvalue weighted by molar-refractivity contribution is 5.79. The Bertz CT molecular complexity index is 526. The quantitative estimate of drug-likeness (QED) is 0.741. The molecule has 0 saturated heterocycles. The highest BCUT2D eigenvalue weighted by Gasteiger charge is 1.97. The maximum atomic E-state index is 10.9. The largest absolute Gasteiger partial charge is 0.369 e. The molecule has 0 heterocycles. The molecule has 2 nitrogen and oxygen atoms in total. The number of carbonyl (C=O) groups excluding carboxylic acids is 1. The lowest BCUT2D eigenvalue weighted by Gasteiger charge is -1.97. The topological polar surface area (TPSA) is 43.1 Å². The van der Waals surface area contributed by atoms with Crippen molar-refractivity contribution in [3.8, 4) is 0 Å². The number of amides is 1. The molecule has 0 radical (unpaired) electrons. The van der Waals surface area contributed by atoms with Gasteiger partial charge in [0.2, 0.25) is 5.91 Å². The van der Waals surface area contributed by atoms with Gasteiger partial charge in [-0.05, 0) is 16.0 Å². The van der Waals surface area contributed by atoms with E-state index in [1.54, 1.807) is 12.2 Å². The third-order valence-electron chi connectivity index (χ3n) is 2.11. The van der Waals surface area contributed by atoms with E-state index in [0.717, 1.165) is 16.0 Å². The molecule has 0 saturated carbocycles. The van der Waals surface area contributed by atoms with Gasteiger partial charge in [-0.3, -0.25) is 4.79 Å². The number of allylic oxidation sites excluding steroid dienone is 2. The second-order valence-electron chi connectivity index (χ2n) is 3.46. The SMILES string of the molecule is C=C/C=C(/C=c1/ccccc1=C)CC(N)=O. The summed E-state index contributed by atoms with van der Waals surface area (Å²) in [6.45, 7) is 7.52. The molecule has 0 aromatic heterocycles. The number of nitrogens with two attached hydrogens (primary N) is 1. The lowest BCUT2D eigenvalue weighted by atomic mass is 10.1. The van der Waals surface area contributed by atoms with Crippen LogP contribution in [0.1, 0.15) is 6.42 Å². The van der Waals surface area contributed by atoms with Crippen molar-refractivity contribution in [1.29, 1.82) is 0 Å². The van der Waals surface area contributed by atoms with Gasteiger partial charge in [0.1, 0.15) is 0 Å². The van der Waals surface area contributed by atoms with Crippen LogP contribution in [0.2, 0.25) is 0 Å². The average molecular weight is 213 g/mol. The minimum absolute atomic E-state index is 0.209. The van der Waals surface area contributed by atoms with E-state index < -0.39 is 0 Å². The normalized spacial score (nSPS) is 12.5. The number of rotatable bonds is 4. The monoisotopic (exact) mass is 213 g/mol. The van der Waals surface area contributed by atoms with Crippen LogP contribution in [-0.4, -0.2) is 5.91 Å². The summed E-state index contributed by atoms with van der Waals surface area (Å²) in [6.07, 6.45) is 5.52. The molecule has 0 unspecified atom stereocenters. The molecule has 0 aliphatic carbocycles. The molecule has 1 aromatic carbocycles. The van der Waals surface area contributed by atoms with Crippen molar-refractivity contribution >= 4 is 18.6 Å². The van der Waals surface area contributed by atoms with Crippen LogP contribution < -0.4 is 16.2 Å². The Kier molecular flexibility index (Phi) is 4.28. The third kappa shape index (κ3) is 3.58. The smallest absolute Gasteiger partial charge is 0.221 e. The first kappa shape index (κ1) is 12.0. The van der Waals surface area contributed by atoms with Crippen LogP contribution in [-0.2, 0) is 4.79 Å². The summed E-state index contributed by atoms with van der Waals surface area (Å²) in [5.41, 5.74) is 6.00. The van der Waals surface area contributed by atoms with Gasteiger partial charge in [-0.25, -0.2) is 0 Å².